The molecule has 4 rings (SSSR count). The number of aromatic nitrogens is 1. The molecule has 1 saturated carbocycles. The van der Waals surface area contributed by atoms with Crippen LogP contribution in [-0.4, -0.2) is 27.8 Å². The Labute approximate surface area is 197 Å². The number of alkyl halides is 1. The van der Waals surface area contributed by atoms with Gasteiger partial charge in [-0.3, -0.25) is 10.1 Å². The highest BCUT2D eigenvalue weighted by Gasteiger charge is 2.48. The average molecular weight is 464 g/mol. The first-order valence-corrected chi connectivity index (χ1v) is 11.0. The van der Waals surface area contributed by atoms with Crippen molar-refractivity contribution < 1.29 is 18.8 Å². The summed E-state index contributed by atoms with van der Waals surface area (Å²) in [7, 11) is 0. The molecule has 8 heteroatoms. The minimum absolute atomic E-state index is 0.0943. The molecule has 0 saturated heterocycles. The van der Waals surface area contributed by atoms with Crippen LogP contribution < -0.4 is 5.32 Å². The van der Waals surface area contributed by atoms with E-state index in [9.17, 15) is 19.3 Å². The zero-order chi connectivity index (χ0) is 24.5. The van der Waals surface area contributed by atoms with Crippen LogP contribution in [0, 0.1) is 10.1 Å². The lowest BCUT2D eigenvalue weighted by Crippen LogP contribution is -2.56. The third-order valence-electron chi connectivity index (χ3n) is 5.76. The second kappa shape index (κ2) is 8.85. The van der Waals surface area contributed by atoms with Crippen LogP contribution in [-0.2, 0) is 10.3 Å². The van der Waals surface area contributed by atoms with E-state index in [2.05, 4.69) is 10.3 Å². The molecule has 1 N–H and O–H groups in total. The molecule has 1 aliphatic carbocycles. The van der Waals surface area contributed by atoms with E-state index in [0.717, 1.165) is 16.7 Å². The summed E-state index contributed by atoms with van der Waals surface area (Å²) in [5.41, 5.74) is 1.95. The number of nitro groups is 1. The van der Waals surface area contributed by atoms with Crippen molar-refractivity contribution in [2.75, 3.05) is 0 Å². The van der Waals surface area contributed by atoms with Gasteiger partial charge in [0.25, 0.3) is 5.69 Å². The minimum Gasteiger partial charge on any atom is -0.444 e. The molecule has 1 aliphatic rings. The lowest BCUT2D eigenvalue weighted by Gasteiger charge is -2.45. The molecule has 1 fully saturated rings. The van der Waals surface area contributed by atoms with E-state index in [0.29, 0.717) is 11.3 Å². The molecule has 1 heterocycles. The van der Waals surface area contributed by atoms with E-state index < -0.39 is 28.3 Å². The Kier molecular flexibility index (Phi) is 6.08. The fourth-order valence-corrected chi connectivity index (χ4v) is 4.17. The first-order chi connectivity index (χ1) is 16.1. The Bertz CT molecular complexity index is 1200. The molecule has 0 atom stereocenters. The third kappa shape index (κ3) is 4.90. The SMILES string of the molecule is CC(C)(C)OC(=O)NC1(c2ccc(-c3ncc([N+](=O)[O-])cc3-c3ccccc3)cc2)CC(F)C1. The van der Waals surface area contributed by atoms with Crippen molar-refractivity contribution in [3.63, 3.8) is 0 Å². The highest BCUT2D eigenvalue weighted by Crippen LogP contribution is 2.44. The second-order valence-corrected chi connectivity index (χ2v) is 9.50. The zero-order valence-electron chi connectivity index (χ0n) is 19.2. The summed E-state index contributed by atoms with van der Waals surface area (Å²) in [6.45, 7) is 5.32. The summed E-state index contributed by atoms with van der Waals surface area (Å²) in [6.07, 6.45) is -0.0313. The quantitative estimate of drug-likeness (QED) is 0.360. The van der Waals surface area contributed by atoms with Crippen molar-refractivity contribution in [3.8, 4) is 22.4 Å². The first kappa shape index (κ1) is 23.4. The number of hydrogen-bond acceptors (Lipinski definition) is 5. The Balaban J connectivity index is 1.67. The van der Waals surface area contributed by atoms with E-state index >= 15 is 0 Å². The van der Waals surface area contributed by atoms with Gasteiger partial charge in [0.1, 0.15) is 18.0 Å². The number of amides is 1. The van der Waals surface area contributed by atoms with Gasteiger partial charge < -0.3 is 10.1 Å². The van der Waals surface area contributed by atoms with Crippen molar-refractivity contribution in [3.05, 3.63) is 82.5 Å². The predicted molar refractivity (Wildman–Crippen MR) is 127 cm³/mol. The molecule has 1 amide bonds. The monoisotopic (exact) mass is 463 g/mol. The molecule has 0 bridgehead atoms. The number of ether oxygens (including phenoxy) is 1. The molecule has 0 spiro atoms. The van der Waals surface area contributed by atoms with Gasteiger partial charge in [-0.05, 0) is 31.9 Å². The molecule has 0 aliphatic heterocycles. The lowest BCUT2D eigenvalue weighted by molar-refractivity contribution is -0.385. The number of alkyl carbamates (subject to hydrolysis) is 1. The first-order valence-electron chi connectivity index (χ1n) is 11.0. The number of carbonyl (C=O) groups is 1. The minimum atomic E-state index is -1.00. The molecule has 7 nitrogen and oxygen atoms in total. The van der Waals surface area contributed by atoms with Crippen LogP contribution in [0.3, 0.4) is 0 Å². The molecule has 176 valence electrons. The number of halogens is 1. The average Bonchev–Trinajstić information content (AvgIpc) is 2.77. The van der Waals surface area contributed by atoms with Crippen molar-refractivity contribution in [1.29, 1.82) is 0 Å². The fourth-order valence-electron chi connectivity index (χ4n) is 4.17. The van der Waals surface area contributed by atoms with Crippen LogP contribution in [0.25, 0.3) is 22.4 Å². The number of carbonyl (C=O) groups excluding carboxylic acids is 1. The van der Waals surface area contributed by atoms with Gasteiger partial charge in [-0.2, -0.15) is 0 Å². The molecule has 0 radical (unpaired) electrons. The second-order valence-electron chi connectivity index (χ2n) is 9.50. The standard InChI is InChI=1S/C26H26FN3O4/c1-25(2,3)34-24(31)29-26(14-20(27)15-26)19-11-9-18(10-12-19)23-22(17-7-5-4-6-8-17)13-21(16-28-23)30(32)33/h4-13,16,20H,14-15H2,1-3H3,(H,29,31). The summed E-state index contributed by atoms with van der Waals surface area (Å²) >= 11 is 0. The summed E-state index contributed by atoms with van der Waals surface area (Å²) in [4.78, 5) is 27.6. The Morgan fingerprint density at radius 1 is 1.12 bits per heavy atom. The topological polar surface area (TPSA) is 94.4 Å². The maximum Gasteiger partial charge on any atom is 0.408 e. The molecule has 3 aromatic rings. The maximum atomic E-state index is 13.9. The van der Waals surface area contributed by atoms with E-state index in [1.54, 1.807) is 20.8 Å². The van der Waals surface area contributed by atoms with Gasteiger partial charge >= 0.3 is 6.09 Å². The van der Waals surface area contributed by atoms with E-state index in [1.807, 2.05) is 54.6 Å². The number of rotatable bonds is 5. The van der Waals surface area contributed by atoms with Gasteiger partial charge in [0.2, 0.25) is 0 Å². The number of nitrogens with zero attached hydrogens (tertiary/aromatic N) is 2. The van der Waals surface area contributed by atoms with Gasteiger partial charge in [0.05, 0.1) is 16.2 Å². The number of pyridine rings is 1. The van der Waals surface area contributed by atoms with Crippen molar-refractivity contribution >= 4 is 11.8 Å². The molecule has 1 aromatic heterocycles. The van der Waals surface area contributed by atoms with E-state index in [-0.39, 0.29) is 18.5 Å². The highest BCUT2D eigenvalue weighted by molar-refractivity contribution is 5.82. The van der Waals surface area contributed by atoms with Crippen LogP contribution in [0.15, 0.2) is 66.9 Å². The maximum absolute atomic E-state index is 13.9. The van der Waals surface area contributed by atoms with Crippen LogP contribution >= 0.6 is 0 Å². The van der Waals surface area contributed by atoms with Crippen LogP contribution in [0.2, 0.25) is 0 Å². The zero-order valence-corrected chi connectivity index (χ0v) is 19.2. The Hall–Kier alpha value is -3.81. The Morgan fingerprint density at radius 3 is 2.32 bits per heavy atom. The summed E-state index contributed by atoms with van der Waals surface area (Å²) in [6, 6.07) is 18.2. The van der Waals surface area contributed by atoms with Crippen LogP contribution in [0.5, 0.6) is 0 Å². The van der Waals surface area contributed by atoms with Crippen molar-refractivity contribution in [1.82, 2.24) is 10.3 Å². The van der Waals surface area contributed by atoms with Crippen LogP contribution in [0.4, 0.5) is 14.9 Å². The van der Waals surface area contributed by atoms with Gasteiger partial charge in [-0.1, -0.05) is 54.6 Å². The summed E-state index contributed by atoms with van der Waals surface area (Å²) < 4.78 is 19.3. The van der Waals surface area contributed by atoms with Gasteiger partial charge in [0.15, 0.2) is 0 Å². The normalized spacial score (nSPS) is 19.7. The number of hydrogen-bond donors (Lipinski definition) is 1. The molecular formula is C26H26FN3O4. The number of nitrogens with one attached hydrogen (secondary N) is 1. The molecule has 0 unspecified atom stereocenters. The summed E-state index contributed by atoms with van der Waals surface area (Å²) in [5, 5.41) is 14.2. The molecule has 2 aromatic carbocycles. The largest absolute Gasteiger partial charge is 0.444 e. The van der Waals surface area contributed by atoms with E-state index in [4.69, 9.17) is 4.74 Å². The molecular weight excluding hydrogens is 437 g/mol. The molecule has 34 heavy (non-hydrogen) atoms. The third-order valence-corrected chi connectivity index (χ3v) is 5.76. The van der Waals surface area contributed by atoms with Gasteiger partial charge in [-0.25, -0.2) is 14.2 Å². The highest BCUT2D eigenvalue weighted by atomic mass is 19.1. The van der Waals surface area contributed by atoms with Crippen molar-refractivity contribution in [2.24, 2.45) is 0 Å². The lowest BCUT2D eigenvalue weighted by atomic mass is 9.70. The van der Waals surface area contributed by atoms with Crippen LogP contribution in [0.1, 0.15) is 39.2 Å². The summed E-state index contributed by atoms with van der Waals surface area (Å²) in [5.74, 6) is 0. The van der Waals surface area contributed by atoms with E-state index in [1.165, 1.54) is 12.3 Å². The number of benzene rings is 2. The Morgan fingerprint density at radius 2 is 1.76 bits per heavy atom. The van der Waals surface area contributed by atoms with Gasteiger partial charge in [0, 0.05) is 30.0 Å². The smallest absolute Gasteiger partial charge is 0.408 e. The fraction of sp³-hybridized carbons (Fsp3) is 0.308. The van der Waals surface area contributed by atoms with Gasteiger partial charge in [-0.15, -0.1) is 0 Å². The van der Waals surface area contributed by atoms with Crippen molar-refractivity contribution in [2.45, 2.75) is 50.9 Å². The predicted octanol–water partition coefficient (Wildman–Crippen LogP) is 6.18.